The molecule has 0 saturated heterocycles. The first-order chi connectivity index (χ1) is 6.00. The molecule has 0 atom stereocenters. The molecule has 1 aromatic rings. The second-order valence-corrected chi connectivity index (χ2v) is 3.13. The van der Waals surface area contributed by atoms with Crippen molar-refractivity contribution in [3.63, 3.8) is 0 Å². The van der Waals surface area contributed by atoms with Gasteiger partial charge in [0, 0.05) is 11.1 Å². The number of halogens is 3. The maximum atomic E-state index is 13.1. The van der Waals surface area contributed by atoms with Crippen LogP contribution in [0.4, 0.5) is 8.78 Å². The Morgan fingerprint density at radius 1 is 1.31 bits per heavy atom. The van der Waals surface area contributed by atoms with Crippen molar-refractivity contribution in [2.75, 3.05) is 0 Å². The molecule has 0 aromatic heterocycles. The van der Waals surface area contributed by atoms with E-state index in [1.54, 1.807) is 6.92 Å². The first kappa shape index (κ1) is 10.3. The van der Waals surface area contributed by atoms with Gasteiger partial charge in [0.25, 0.3) is 0 Å². The SMILES string of the molecule is CCc1c(O)c(F)c(C)c(F)c1Cl. The lowest BCUT2D eigenvalue weighted by atomic mass is 10.1. The molecule has 1 aromatic carbocycles. The van der Waals surface area contributed by atoms with Crippen molar-refractivity contribution in [1.82, 2.24) is 0 Å². The fourth-order valence-electron chi connectivity index (χ4n) is 1.13. The summed E-state index contributed by atoms with van der Waals surface area (Å²) in [5, 5.41) is 9.06. The van der Waals surface area contributed by atoms with E-state index in [1.165, 1.54) is 6.92 Å². The number of hydrogen-bond donors (Lipinski definition) is 1. The summed E-state index contributed by atoms with van der Waals surface area (Å²) in [6, 6.07) is 0. The zero-order valence-electron chi connectivity index (χ0n) is 7.29. The molecule has 0 fully saturated rings. The average Bonchev–Trinajstić information content (AvgIpc) is 2.13. The maximum Gasteiger partial charge on any atom is 0.171 e. The van der Waals surface area contributed by atoms with Gasteiger partial charge in [0.15, 0.2) is 11.6 Å². The van der Waals surface area contributed by atoms with E-state index in [0.29, 0.717) is 6.42 Å². The number of benzene rings is 1. The van der Waals surface area contributed by atoms with Crippen LogP contribution in [-0.4, -0.2) is 5.11 Å². The number of phenolic OH excluding ortho intramolecular Hbond substituents is 1. The number of aromatic hydroxyl groups is 1. The Bertz CT molecular complexity index is 321. The minimum atomic E-state index is -0.932. The second-order valence-electron chi connectivity index (χ2n) is 2.75. The molecule has 0 spiro atoms. The Hall–Kier alpha value is -0.830. The molecule has 4 heteroatoms. The second kappa shape index (κ2) is 3.50. The van der Waals surface area contributed by atoms with E-state index >= 15 is 0 Å². The lowest BCUT2D eigenvalue weighted by Crippen LogP contribution is -1.96. The lowest BCUT2D eigenvalue weighted by molar-refractivity contribution is 0.418. The monoisotopic (exact) mass is 206 g/mol. The summed E-state index contributed by atoms with van der Waals surface area (Å²) >= 11 is 5.57. The Labute approximate surface area is 80.0 Å². The molecule has 0 saturated carbocycles. The molecule has 0 aliphatic heterocycles. The summed E-state index contributed by atoms with van der Waals surface area (Å²) < 4.78 is 26.2. The van der Waals surface area contributed by atoms with Crippen LogP contribution in [-0.2, 0) is 6.42 Å². The molecular formula is C9H9ClF2O. The van der Waals surface area contributed by atoms with Crippen molar-refractivity contribution in [2.24, 2.45) is 0 Å². The summed E-state index contributed by atoms with van der Waals surface area (Å²) in [5.41, 5.74) is -0.137. The largest absolute Gasteiger partial charge is 0.505 e. The van der Waals surface area contributed by atoms with Gasteiger partial charge >= 0.3 is 0 Å². The third-order valence-corrected chi connectivity index (χ3v) is 2.36. The van der Waals surface area contributed by atoms with E-state index in [-0.39, 0.29) is 16.1 Å². The van der Waals surface area contributed by atoms with E-state index in [2.05, 4.69) is 0 Å². The summed E-state index contributed by atoms with van der Waals surface area (Å²) in [5.74, 6) is -2.28. The Balaban J connectivity index is 3.56. The molecule has 0 aliphatic rings. The van der Waals surface area contributed by atoms with Crippen molar-refractivity contribution in [3.8, 4) is 5.75 Å². The van der Waals surface area contributed by atoms with E-state index < -0.39 is 17.4 Å². The summed E-state index contributed by atoms with van der Waals surface area (Å²) in [4.78, 5) is 0. The fraction of sp³-hybridized carbons (Fsp3) is 0.333. The molecule has 0 radical (unpaired) electrons. The highest BCUT2D eigenvalue weighted by Gasteiger charge is 2.19. The van der Waals surface area contributed by atoms with Crippen molar-refractivity contribution in [3.05, 3.63) is 27.8 Å². The number of hydrogen-bond acceptors (Lipinski definition) is 1. The van der Waals surface area contributed by atoms with Crippen LogP contribution in [0.1, 0.15) is 18.1 Å². The third kappa shape index (κ3) is 1.48. The maximum absolute atomic E-state index is 13.1. The Morgan fingerprint density at radius 3 is 2.31 bits per heavy atom. The molecule has 0 unspecified atom stereocenters. The van der Waals surface area contributed by atoms with Crippen LogP contribution >= 0.6 is 11.6 Å². The van der Waals surface area contributed by atoms with Crippen LogP contribution < -0.4 is 0 Å². The molecular weight excluding hydrogens is 198 g/mol. The molecule has 1 N–H and O–H groups in total. The third-order valence-electron chi connectivity index (χ3n) is 1.96. The number of rotatable bonds is 1. The molecule has 0 heterocycles. The Kier molecular flexibility index (Phi) is 2.76. The van der Waals surface area contributed by atoms with E-state index in [1.807, 2.05) is 0 Å². The minimum Gasteiger partial charge on any atom is -0.505 e. The van der Waals surface area contributed by atoms with Gasteiger partial charge in [-0.2, -0.15) is 0 Å². The first-order valence-corrected chi connectivity index (χ1v) is 4.23. The lowest BCUT2D eigenvalue weighted by Gasteiger charge is -2.09. The topological polar surface area (TPSA) is 20.2 Å². The molecule has 1 nitrogen and oxygen atoms in total. The van der Waals surface area contributed by atoms with Crippen LogP contribution in [0.25, 0.3) is 0 Å². The molecule has 1 rings (SSSR count). The minimum absolute atomic E-state index is 0.113. The first-order valence-electron chi connectivity index (χ1n) is 3.85. The predicted molar refractivity (Wildman–Crippen MR) is 47.1 cm³/mol. The Morgan fingerprint density at radius 2 is 1.85 bits per heavy atom. The van der Waals surface area contributed by atoms with Gasteiger partial charge in [-0.05, 0) is 13.3 Å². The van der Waals surface area contributed by atoms with Crippen molar-refractivity contribution < 1.29 is 13.9 Å². The standard InChI is InChI=1S/C9H9ClF2O/c1-3-5-6(10)7(11)4(2)8(12)9(5)13/h13H,3H2,1-2H3. The van der Waals surface area contributed by atoms with E-state index in [9.17, 15) is 13.9 Å². The van der Waals surface area contributed by atoms with E-state index in [4.69, 9.17) is 11.6 Å². The highest BCUT2D eigenvalue weighted by Crippen LogP contribution is 2.34. The zero-order chi connectivity index (χ0) is 10.2. The van der Waals surface area contributed by atoms with Crippen LogP contribution in [0.15, 0.2) is 0 Å². The van der Waals surface area contributed by atoms with Gasteiger partial charge in [0.05, 0.1) is 5.02 Å². The quantitative estimate of drug-likeness (QED) is 0.700. The van der Waals surface area contributed by atoms with Crippen molar-refractivity contribution >= 4 is 11.6 Å². The van der Waals surface area contributed by atoms with Crippen LogP contribution in [0, 0.1) is 18.6 Å². The van der Waals surface area contributed by atoms with Gasteiger partial charge in [-0.1, -0.05) is 18.5 Å². The highest BCUT2D eigenvalue weighted by molar-refractivity contribution is 6.31. The molecule has 13 heavy (non-hydrogen) atoms. The predicted octanol–water partition coefficient (Wildman–Crippen LogP) is 3.19. The molecule has 0 aliphatic carbocycles. The van der Waals surface area contributed by atoms with Crippen LogP contribution in [0.5, 0.6) is 5.75 Å². The van der Waals surface area contributed by atoms with Gasteiger partial charge in [-0.25, -0.2) is 8.78 Å². The average molecular weight is 207 g/mol. The van der Waals surface area contributed by atoms with Gasteiger partial charge in [-0.15, -0.1) is 0 Å². The van der Waals surface area contributed by atoms with Crippen LogP contribution in [0.3, 0.4) is 0 Å². The van der Waals surface area contributed by atoms with Gasteiger partial charge in [-0.3, -0.25) is 0 Å². The fourth-order valence-corrected chi connectivity index (χ4v) is 1.49. The zero-order valence-corrected chi connectivity index (χ0v) is 8.04. The molecule has 0 bridgehead atoms. The smallest absolute Gasteiger partial charge is 0.171 e. The van der Waals surface area contributed by atoms with Gasteiger partial charge in [0.2, 0.25) is 0 Å². The van der Waals surface area contributed by atoms with Gasteiger partial charge < -0.3 is 5.11 Å². The van der Waals surface area contributed by atoms with Crippen molar-refractivity contribution in [2.45, 2.75) is 20.3 Å². The summed E-state index contributed by atoms with van der Waals surface area (Å²) in [6.45, 7) is 2.89. The molecule has 72 valence electrons. The number of phenols is 1. The van der Waals surface area contributed by atoms with E-state index in [0.717, 1.165) is 0 Å². The van der Waals surface area contributed by atoms with Gasteiger partial charge in [0.1, 0.15) is 5.82 Å². The normalized spacial score (nSPS) is 10.5. The van der Waals surface area contributed by atoms with Crippen molar-refractivity contribution in [1.29, 1.82) is 0 Å². The highest BCUT2D eigenvalue weighted by atomic mass is 35.5. The summed E-state index contributed by atoms with van der Waals surface area (Å²) in [7, 11) is 0. The van der Waals surface area contributed by atoms with Crippen LogP contribution in [0.2, 0.25) is 5.02 Å². The summed E-state index contributed by atoms with van der Waals surface area (Å²) in [6.07, 6.45) is 0.290. The molecule has 0 amide bonds.